The number of methoxy groups -OCH3 is 1. The van der Waals surface area contributed by atoms with Crippen LogP contribution in [0.1, 0.15) is 5.56 Å². The molecule has 0 saturated heterocycles. The Balaban J connectivity index is 2.26. The molecule has 0 aromatic heterocycles. The Morgan fingerprint density at radius 2 is 1.64 bits per heavy atom. The van der Waals surface area contributed by atoms with Gasteiger partial charge in [0.1, 0.15) is 5.75 Å². The maximum Gasteiger partial charge on any atom is 0.119 e. The van der Waals surface area contributed by atoms with Gasteiger partial charge in [0, 0.05) is 5.33 Å². The molecule has 0 fully saturated rings. The molecule has 4 aromatic rings. The molecular weight excluding hydrogens is 336 g/mol. The average Bonchev–Trinajstić information content (AvgIpc) is 2.59. The van der Waals surface area contributed by atoms with Gasteiger partial charge in [0.25, 0.3) is 0 Å². The lowest BCUT2D eigenvalue weighted by Gasteiger charge is -2.12. The number of fused-ring (bicyclic) bond motifs is 5. The molecule has 2 heteroatoms. The lowest BCUT2D eigenvalue weighted by Crippen LogP contribution is -1.88. The normalized spacial score (nSPS) is 11.4. The van der Waals surface area contributed by atoms with E-state index in [1.54, 1.807) is 7.11 Å². The average molecular weight is 351 g/mol. The van der Waals surface area contributed by atoms with Crippen LogP contribution in [0, 0.1) is 0 Å². The fourth-order valence-electron chi connectivity index (χ4n) is 3.23. The van der Waals surface area contributed by atoms with E-state index < -0.39 is 0 Å². The molecular formula is C20H15BrO. The molecule has 0 N–H and O–H groups in total. The van der Waals surface area contributed by atoms with E-state index >= 15 is 0 Å². The number of ether oxygens (including phenoxy) is 1. The van der Waals surface area contributed by atoms with E-state index in [0.717, 1.165) is 11.1 Å². The monoisotopic (exact) mass is 350 g/mol. The smallest absolute Gasteiger partial charge is 0.119 e. The van der Waals surface area contributed by atoms with Gasteiger partial charge in [0.15, 0.2) is 0 Å². The minimum Gasteiger partial charge on any atom is -0.497 e. The first-order valence-corrected chi connectivity index (χ1v) is 8.41. The Kier molecular flexibility index (Phi) is 3.27. The zero-order valence-electron chi connectivity index (χ0n) is 12.3. The summed E-state index contributed by atoms with van der Waals surface area (Å²) in [5.41, 5.74) is 1.31. The Hall–Kier alpha value is -2.06. The summed E-state index contributed by atoms with van der Waals surface area (Å²) >= 11 is 3.65. The fourth-order valence-corrected chi connectivity index (χ4v) is 3.67. The standard InChI is InChI=1S/C20H15BrO/c1-22-16-8-6-13-7-9-18-17-5-3-2-4-14(17)10-15(12-21)20(18)19(13)11-16/h2-11H,12H2,1H3. The van der Waals surface area contributed by atoms with Gasteiger partial charge in [-0.1, -0.05) is 58.4 Å². The van der Waals surface area contributed by atoms with Crippen molar-refractivity contribution < 1.29 is 4.74 Å². The second-order valence-electron chi connectivity index (χ2n) is 5.47. The van der Waals surface area contributed by atoms with Gasteiger partial charge in [-0.15, -0.1) is 0 Å². The molecule has 0 atom stereocenters. The van der Waals surface area contributed by atoms with Crippen molar-refractivity contribution in [3.05, 3.63) is 66.2 Å². The van der Waals surface area contributed by atoms with Crippen LogP contribution in [-0.2, 0) is 5.33 Å². The van der Waals surface area contributed by atoms with Crippen LogP contribution in [0.5, 0.6) is 5.75 Å². The van der Waals surface area contributed by atoms with Gasteiger partial charge in [-0.2, -0.15) is 0 Å². The van der Waals surface area contributed by atoms with Crippen molar-refractivity contribution in [2.24, 2.45) is 0 Å². The quantitative estimate of drug-likeness (QED) is 0.316. The van der Waals surface area contributed by atoms with Gasteiger partial charge in [0.05, 0.1) is 7.11 Å². The summed E-state index contributed by atoms with van der Waals surface area (Å²) in [4.78, 5) is 0. The van der Waals surface area contributed by atoms with Gasteiger partial charge in [0.2, 0.25) is 0 Å². The summed E-state index contributed by atoms with van der Waals surface area (Å²) in [5, 5.41) is 8.52. The maximum absolute atomic E-state index is 5.42. The zero-order chi connectivity index (χ0) is 15.1. The molecule has 0 spiro atoms. The van der Waals surface area contributed by atoms with E-state index in [0.29, 0.717) is 0 Å². The second kappa shape index (κ2) is 5.29. The van der Waals surface area contributed by atoms with Gasteiger partial charge in [-0.25, -0.2) is 0 Å². The molecule has 0 bridgehead atoms. The minimum absolute atomic E-state index is 0.838. The number of rotatable bonds is 2. The summed E-state index contributed by atoms with van der Waals surface area (Å²) in [6.07, 6.45) is 0. The zero-order valence-corrected chi connectivity index (χ0v) is 13.9. The Morgan fingerprint density at radius 3 is 2.45 bits per heavy atom. The lowest BCUT2D eigenvalue weighted by atomic mass is 9.93. The number of alkyl halides is 1. The van der Waals surface area contributed by atoms with Crippen LogP contribution in [0.25, 0.3) is 32.3 Å². The summed E-state index contributed by atoms with van der Waals surface area (Å²) in [7, 11) is 1.72. The van der Waals surface area contributed by atoms with E-state index in [-0.39, 0.29) is 0 Å². The first-order valence-electron chi connectivity index (χ1n) is 7.29. The van der Waals surface area contributed by atoms with Crippen molar-refractivity contribution in [1.29, 1.82) is 0 Å². The van der Waals surface area contributed by atoms with E-state index in [1.807, 2.05) is 6.07 Å². The van der Waals surface area contributed by atoms with Crippen molar-refractivity contribution >= 4 is 48.2 Å². The third kappa shape index (κ3) is 1.98. The highest BCUT2D eigenvalue weighted by Gasteiger charge is 2.10. The third-order valence-electron chi connectivity index (χ3n) is 4.27. The van der Waals surface area contributed by atoms with Crippen LogP contribution in [-0.4, -0.2) is 7.11 Å². The largest absolute Gasteiger partial charge is 0.497 e. The molecule has 0 unspecified atom stereocenters. The molecule has 0 amide bonds. The molecule has 0 radical (unpaired) electrons. The van der Waals surface area contributed by atoms with E-state index in [4.69, 9.17) is 4.74 Å². The molecule has 0 saturated carbocycles. The summed E-state index contributed by atoms with van der Waals surface area (Å²) in [6, 6.07) is 21.6. The first kappa shape index (κ1) is 13.6. The Morgan fingerprint density at radius 1 is 0.818 bits per heavy atom. The Bertz CT molecular complexity index is 1000. The number of halogens is 1. The Labute approximate surface area is 137 Å². The van der Waals surface area contributed by atoms with Crippen LogP contribution in [0.4, 0.5) is 0 Å². The summed E-state index contributed by atoms with van der Waals surface area (Å²) < 4.78 is 5.42. The number of hydrogen-bond acceptors (Lipinski definition) is 1. The van der Waals surface area contributed by atoms with E-state index in [9.17, 15) is 0 Å². The van der Waals surface area contributed by atoms with Gasteiger partial charge < -0.3 is 4.74 Å². The highest BCUT2D eigenvalue weighted by Crippen LogP contribution is 2.36. The van der Waals surface area contributed by atoms with Crippen LogP contribution in [0.2, 0.25) is 0 Å². The maximum atomic E-state index is 5.42. The van der Waals surface area contributed by atoms with Crippen LogP contribution >= 0.6 is 15.9 Å². The lowest BCUT2D eigenvalue weighted by molar-refractivity contribution is 0.415. The van der Waals surface area contributed by atoms with Gasteiger partial charge in [-0.05, 0) is 56.1 Å². The van der Waals surface area contributed by atoms with Crippen molar-refractivity contribution in [2.75, 3.05) is 7.11 Å². The SMILES string of the molecule is COc1ccc2ccc3c4ccccc4cc(CBr)c3c2c1. The topological polar surface area (TPSA) is 9.23 Å². The van der Waals surface area contributed by atoms with Crippen molar-refractivity contribution in [2.45, 2.75) is 5.33 Å². The van der Waals surface area contributed by atoms with Gasteiger partial charge in [-0.3, -0.25) is 0 Å². The van der Waals surface area contributed by atoms with Crippen molar-refractivity contribution in [1.82, 2.24) is 0 Å². The predicted molar refractivity (Wildman–Crippen MR) is 98.1 cm³/mol. The number of hydrogen-bond donors (Lipinski definition) is 0. The molecule has 0 aliphatic heterocycles. The molecule has 108 valence electrons. The second-order valence-corrected chi connectivity index (χ2v) is 6.03. The minimum atomic E-state index is 0.838. The highest BCUT2D eigenvalue weighted by molar-refractivity contribution is 9.08. The van der Waals surface area contributed by atoms with Crippen LogP contribution in [0.15, 0.2) is 60.7 Å². The van der Waals surface area contributed by atoms with E-state index in [2.05, 4.69) is 70.5 Å². The molecule has 22 heavy (non-hydrogen) atoms. The van der Waals surface area contributed by atoms with Crippen LogP contribution in [0.3, 0.4) is 0 Å². The van der Waals surface area contributed by atoms with Crippen LogP contribution < -0.4 is 4.74 Å². The fraction of sp³-hybridized carbons (Fsp3) is 0.100. The first-order chi connectivity index (χ1) is 10.8. The number of benzene rings is 4. The highest BCUT2D eigenvalue weighted by atomic mass is 79.9. The van der Waals surface area contributed by atoms with Gasteiger partial charge >= 0.3 is 0 Å². The third-order valence-corrected chi connectivity index (χ3v) is 4.88. The summed E-state index contributed by atoms with van der Waals surface area (Å²) in [6.45, 7) is 0. The van der Waals surface area contributed by atoms with Crippen molar-refractivity contribution in [3.63, 3.8) is 0 Å². The van der Waals surface area contributed by atoms with Crippen molar-refractivity contribution in [3.8, 4) is 5.75 Å². The molecule has 0 aliphatic rings. The molecule has 0 heterocycles. The van der Waals surface area contributed by atoms with E-state index in [1.165, 1.54) is 37.9 Å². The predicted octanol–water partition coefficient (Wildman–Crippen LogP) is 6.05. The molecule has 0 aliphatic carbocycles. The molecule has 1 nitrogen and oxygen atoms in total. The molecule has 4 rings (SSSR count). The molecule has 4 aromatic carbocycles. The summed E-state index contributed by atoms with van der Waals surface area (Å²) in [5.74, 6) is 0.897.